The van der Waals surface area contributed by atoms with Crippen LogP contribution in [0.3, 0.4) is 0 Å². The maximum atomic E-state index is 12.8. The number of piperidine rings is 1. The molecule has 1 aliphatic rings. The van der Waals surface area contributed by atoms with E-state index in [1.54, 1.807) is 12.4 Å². The molecule has 0 saturated carbocycles. The summed E-state index contributed by atoms with van der Waals surface area (Å²) >= 11 is 0. The molecule has 1 amide bonds. The van der Waals surface area contributed by atoms with Crippen LogP contribution in [0.5, 0.6) is 11.6 Å². The van der Waals surface area contributed by atoms with Crippen LogP contribution in [0.2, 0.25) is 0 Å². The molecule has 30 heavy (non-hydrogen) atoms. The van der Waals surface area contributed by atoms with Crippen LogP contribution in [0.25, 0.3) is 0 Å². The number of hydrogen-bond donors (Lipinski definition) is 1. The molecule has 1 atom stereocenters. The monoisotopic (exact) mass is 402 g/mol. The van der Waals surface area contributed by atoms with Gasteiger partial charge in [-0.05, 0) is 50.5 Å². The second kappa shape index (κ2) is 8.95. The van der Waals surface area contributed by atoms with Crippen LogP contribution in [0, 0.1) is 19.8 Å². The summed E-state index contributed by atoms with van der Waals surface area (Å²) in [7, 11) is 0. The van der Waals surface area contributed by atoms with E-state index in [0.717, 1.165) is 36.4 Å². The van der Waals surface area contributed by atoms with Gasteiger partial charge in [0.25, 0.3) is 5.88 Å². The van der Waals surface area contributed by atoms with E-state index in [0.29, 0.717) is 18.2 Å². The maximum absolute atomic E-state index is 12.8. The number of rotatable bonds is 5. The molecule has 1 saturated heterocycles. The van der Waals surface area contributed by atoms with Gasteiger partial charge in [-0.1, -0.05) is 35.9 Å². The topological polar surface area (TPSA) is 67.4 Å². The number of ether oxygens (including phenoxy) is 1. The summed E-state index contributed by atoms with van der Waals surface area (Å²) in [5.74, 6) is 1.81. The van der Waals surface area contributed by atoms with Crippen molar-refractivity contribution in [1.29, 1.82) is 0 Å². The van der Waals surface area contributed by atoms with Gasteiger partial charge >= 0.3 is 0 Å². The van der Waals surface area contributed by atoms with Crippen molar-refractivity contribution in [2.45, 2.75) is 26.7 Å². The highest BCUT2D eigenvalue weighted by molar-refractivity contribution is 5.93. The van der Waals surface area contributed by atoms with E-state index in [4.69, 9.17) is 4.74 Å². The fourth-order valence-electron chi connectivity index (χ4n) is 3.65. The fraction of sp³-hybridized carbons (Fsp3) is 0.292. The van der Waals surface area contributed by atoms with Gasteiger partial charge in [0, 0.05) is 31.2 Å². The molecule has 1 aromatic heterocycles. The standard InChI is InChI=1S/C24H26N4O2/c1-17-9-11-20(12-10-17)27-23(29)19-7-5-15-28(16-19)22-24(26-14-13-25-22)30-21-8-4-3-6-18(21)2/h3-4,6,8-14,19H,5,7,15-16H2,1-2H3,(H,27,29)/t19-/m0/s1. The number of benzene rings is 2. The molecule has 0 radical (unpaired) electrons. The number of aromatic nitrogens is 2. The summed E-state index contributed by atoms with van der Waals surface area (Å²) in [6, 6.07) is 15.7. The van der Waals surface area contributed by atoms with E-state index in [1.165, 1.54) is 5.56 Å². The Morgan fingerprint density at radius 1 is 1.07 bits per heavy atom. The number of nitrogens with zero attached hydrogens (tertiary/aromatic N) is 3. The largest absolute Gasteiger partial charge is 0.436 e. The van der Waals surface area contributed by atoms with Crippen molar-refractivity contribution >= 4 is 17.4 Å². The molecule has 154 valence electrons. The molecule has 0 bridgehead atoms. The van der Waals surface area contributed by atoms with E-state index in [2.05, 4.69) is 20.2 Å². The van der Waals surface area contributed by atoms with Crippen molar-refractivity contribution in [3.63, 3.8) is 0 Å². The Hall–Kier alpha value is -3.41. The molecule has 1 N–H and O–H groups in total. The number of amides is 1. The third-order valence-electron chi connectivity index (χ3n) is 5.36. The molecular weight excluding hydrogens is 376 g/mol. The molecule has 2 heterocycles. The Kier molecular flexibility index (Phi) is 5.93. The van der Waals surface area contributed by atoms with Crippen molar-refractivity contribution in [3.8, 4) is 11.6 Å². The van der Waals surface area contributed by atoms with E-state index >= 15 is 0 Å². The molecular formula is C24H26N4O2. The molecule has 1 fully saturated rings. The van der Waals surface area contributed by atoms with Gasteiger partial charge in [-0.2, -0.15) is 0 Å². The molecule has 6 heteroatoms. The van der Waals surface area contributed by atoms with Gasteiger partial charge in [0.2, 0.25) is 5.91 Å². The Labute approximate surface area is 176 Å². The Morgan fingerprint density at radius 3 is 2.63 bits per heavy atom. The lowest BCUT2D eigenvalue weighted by molar-refractivity contribution is -0.120. The molecule has 0 unspecified atom stereocenters. The van der Waals surface area contributed by atoms with E-state index < -0.39 is 0 Å². The summed E-state index contributed by atoms with van der Waals surface area (Å²) in [5.41, 5.74) is 3.02. The average molecular weight is 402 g/mol. The third kappa shape index (κ3) is 4.59. The summed E-state index contributed by atoms with van der Waals surface area (Å²) < 4.78 is 6.08. The second-order valence-corrected chi connectivity index (χ2v) is 7.69. The van der Waals surface area contributed by atoms with Gasteiger partial charge in [-0.15, -0.1) is 0 Å². The lowest BCUT2D eigenvalue weighted by Gasteiger charge is -2.33. The SMILES string of the molecule is Cc1ccc(NC(=O)[C@H]2CCCN(c3nccnc3Oc3ccccc3C)C2)cc1. The molecule has 1 aliphatic heterocycles. The van der Waals surface area contributed by atoms with Crippen molar-refractivity contribution in [2.24, 2.45) is 5.92 Å². The van der Waals surface area contributed by atoms with Crippen LogP contribution in [0.15, 0.2) is 60.9 Å². The first kappa shape index (κ1) is 19.9. The molecule has 0 spiro atoms. The number of aryl methyl sites for hydroxylation is 2. The van der Waals surface area contributed by atoms with Crippen LogP contribution >= 0.6 is 0 Å². The van der Waals surface area contributed by atoms with E-state index in [9.17, 15) is 4.79 Å². The highest BCUT2D eigenvalue weighted by Gasteiger charge is 2.28. The van der Waals surface area contributed by atoms with Gasteiger partial charge in [-0.3, -0.25) is 4.79 Å². The Morgan fingerprint density at radius 2 is 1.83 bits per heavy atom. The molecule has 4 rings (SSSR count). The van der Waals surface area contributed by atoms with Gasteiger partial charge in [0.05, 0.1) is 5.92 Å². The molecule has 6 nitrogen and oxygen atoms in total. The van der Waals surface area contributed by atoms with E-state index in [1.807, 2.05) is 62.4 Å². The highest BCUT2D eigenvalue weighted by Crippen LogP contribution is 2.32. The zero-order valence-corrected chi connectivity index (χ0v) is 17.3. The van der Waals surface area contributed by atoms with Crippen molar-refractivity contribution in [3.05, 3.63) is 72.1 Å². The van der Waals surface area contributed by atoms with Crippen LogP contribution < -0.4 is 15.0 Å². The average Bonchev–Trinajstić information content (AvgIpc) is 2.77. The second-order valence-electron chi connectivity index (χ2n) is 7.69. The quantitative estimate of drug-likeness (QED) is 0.668. The number of carbonyl (C=O) groups excluding carboxylic acids is 1. The minimum atomic E-state index is -0.117. The van der Waals surface area contributed by atoms with Crippen LogP contribution in [0.1, 0.15) is 24.0 Å². The lowest BCUT2D eigenvalue weighted by atomic mass is 9.97. The number of para-hydroxylation sites is 1. The number of anilines is 2. The van der Waals surface area contributed by atoms with Crippen molar-refractivity contribution in [2.75, 3.05) is 23.3 Å². The maximum Gasteiger partial charge on any atom is 0.263 e. The van der Waals surface area contributed by atoms with Gasteiger partial charge < -0.3 is 15.0 Å². The van der Waals surface area contributed by atoms with E-state index in [-0.39, 0.29) is 11.8 Å². The van der Waals surface area contributed by atoms with Crippen molar-refractivity contribution in [1.82, 2.24) is 9.97 Å². The van der Waals surface area contributed by atoms with Crippen molar-refractivity contribution < 1.29 is 9.53 Å². The fourth-order valence-corrected chi connectivity index (χ4v) is 3.65. The highest BCUT2D eigenvalue weighted by atomic mass is 16.5. The summed E-state index contributed by atoms with van der Waals surface area (Å²) in [5, 5.41) is 3.04. The minimum Gasteiger partial charge on any atom is -0.436 e. The predicted molar refractivity (Wildman–Crippen MR) is 118 cm³/mol. The summed E-state index contributed by atoms with van der Waals surface area (Å²) in [4.78, 5) is 23.9. The Bertz CT molecular complexity index is 1020. The summed E-state index contributed by atoms with van der Waals surface area (Å²) in [6.07, 6.45) is 5.05. The van der Waals surface area contributed by atoms with Crippen LogP contribution in [0.4, 0.5) is 11.5 Å². The normalized spacial score (nSPS) is 16.2. The zero-order chi connectivity index (χ0) is 20.9. The minimum absolute atomic E-state index is 0.0359. The van der Waals surface area contributed by atoms with Gasteiger partial charge in [-0.25, -0.2) is 9.97 Å². The third-order valence-corrected chi connectivity index (χ3v) is 5.36. The first-order chi connectivity index (χ1) is 14.6. The van der Waals surface area contributed by atoms with Crippen LogP contribution in [-0.2, 0) is 4.79 Å². The number of hydrogen-bond acceptors (Lipinski definition) is 5. The molecule has 3 aromatic rings. The number of nitrogens with one attached hydrogen (secondary N) is 1. The van der Waals surface area contributed by atoms with Gasteiger partial charge in [0.1, 0.15) is 5.75 Å². The van der Waals surface area contributed by atoms with Crippen LogP contribution in [-0.4, -0.2) is 29.0 Å². The molecule has 0 aliphatic carbocycles. The number of carbonyl (C=O) groups is 1. The van der Waals surface area contributed by atoms with Gasteiger partial charge in [0.15, 0.2) is 5.82 Å². The first-order valence-electron chi connectivity index (χ1n) is 10.3. The smallest absolute Gasteiger partial charge is 0.263 e. The first-order valence-corrected chi connectivity index (χ1v) is 10.3. The zero-order valence-electron chi connectivity index (χ0n) is 17.3. The predicted octanol–water partition coefficient (Wildman–Crippen LogP) is 4.74. The lowest BCUT2D eigenvalue weighted by Crippen LogP contribution is -2.41. The molecule has 2 aromatic carbocycles. The Balaban J connectivity index is 1.49. The summed E-state index contributed by atoms with van der Waals surface area (Å²) in [6.45, 7) is 5.43.